The minimum absolute atomic E-state index is 0.214. The summed E-state index contributed by atoms with van der Waals surface area (Å²) in [5, 5.41) is 6.68. The fourth-order valence-corrected chi connectivity index (χ4v) is 2.81. The number of hydrogen-bond acceptors (Lipinski definition) is 4. The molecule has 0 saturated heterocycles. The number of rotatable bonds is 7. The van der Waals surface area contributed by atoms with Gasteiger partial charge in [-0.2, -0.15) is 0 Å². The number of anilines is 2. The molecule has 0 fully saturated rings. The number of halogens is 1. The molecule has 2 N–H and O–H groups in total. The summed E-state index contributed by atoms with van der Waals surface area (Å²) in [6.07, 6.45) is 2.29. The van der Waals surface area contributed by atoms with Gasteiger partial charge in [-0.1, -0.05) is 41.9 Å². The summed E-state index contributed by atoms with van der Waals surface area (Å²) in [5.41, 5.74) is 2.95. The fraction of sp³-hybridized carbons (Fsp3) is 0.143. The normalized spacial score (nSPS) is 10.3. The van der Waals surface area contributed by atoms with Crippen molar-refractivity contribution in [2.45, 2.75) is 6.42 Å². The summed E-state index contributed by atoms with van der Waals surface area (Å²) in [6, 6.07) is 18.7. The van der Waals surface area contributed by atoms with Gasteiger partial charge in [-0.25, -0.2) is 4.98 Å². The monoisotopic (exact) mass is 381 g/mol. The topological polar surface area (TPSA) is 63.2 Å². The molecular weight excluding hydrogens is 362 g/mol. The summed E-state index contributed by atoms with van der Waals surface area (Å²) in [6.45, 7) is 0.501. The first-order chi connectivity index (χ1) is 13.2. The lowest BCUT2D eigenvalue weighted by Crippen LogP contribution is -2.26. The summed E-state index contributed by atoms with van der Waals surface area (Å²) in [5.74, 6) is 0.606. The number of carbonyl (C=O) groups is 1. The number of ether oxygens (including phenoxy) is 1. The van der Waals surface area contributed by atoms with Crippen LogP contribution in [0.15, 0.2) is 66.9 Å². The molecule has 6 heteroatoms. The van der Waals surface area contributed by atoms with Crippen molar-refractivity contribution >= 4 is 28.9 Å². The van der Waals surface area contributed by atoms with Gasteiger partial charge >= 0.3 is 0 Å². The van der Waals surface area contributed by atoms with E-state index in [1.165, 1.54) is 0 Å². The number of methoxy groups -OCH3 is 1. The Hall–Kier alpha value is -3.05. The zero-order chi connectivity index (χ0) is 19.1. The Balaban J connectivity index is 1.55. The van der Waals surface area contributed by atoms with Gasteiger partial charge in [0.25, 0.3) is 5.91 Å². The second-order valence-electron chi connectivity index (χ2n) is 5.85. The summed E-state index contributed by atoms with van der Waals surface area (Å²) >= 11 is 6.13. The van der Waals surface area contributed by atoms with Crippen molar-refractivity contribution < 1.29 is 9.53 Å². The Morgan fingerprint density at radius 1 is 1.07 bits per heavy atom. The van der Waals surface area contributed by atoms with Crippen LogP contribution in [0.3, 0.4) is 0 Å². The maximum Gasteiger partial charge on any atom is 0.269 e. The van der Waals surface area contributed by atoms with Gasteiger partial charge in [0, 0.05) is 6.54 Å². The fourth-order valence-electron chi connectivity index (χ4n) is 2.63. The Morgan fingerprint density at radius 3 is 2.59 bits per heavy atom. The number of nitrogens with one attached hydrogen (secondary N) is 2. The molecule has 0 aliphatic rings. The van der Waals surface area contributed by atoms with Crippen LogP contribution in [0.1, 0.15) is 16.1 Å². The molecule has 0 unspecified atom stereocenters. The van der Waals surface area contributed by atoms with Crippen LogP contribution >= 0.6 is 11.6 Å². The van der Waals surface area contributed by atoms with Gasteiger partial charge in [-0.05, 0) is 42.3 Å². The number of hydrogen-bond donors (Lipinski definition) is 2. The molecule has 3 rings (SSSR count). The molecule has 0 bridgehead atoms. The maximum absolute atomic E-state index is 12.3. The standard InChI is InChI=1S/C21H20ClN3O2/c1-27-20-9-5-2-6-15(20)12-13-23-21(26)19-11-10-16(14-24-19)25-18-8-4-3-7-17(18)22/h2-11,14,25H,12-13H2,1H3,(H,23,26). The van der Waals surface area contributed by atoms with Crippen molar-refractivity contribution in [1.82, 2.24) is 10.3 Å². The van der Waals surface area contributed by atoms with Crippen molar-refractivity contribution in [3.63, 3.8) is 0 Å². The second kappa shape index (κ2) is 9.05. The van der Waals surface area contributed by atoms with E-state index >= 15 is 0 Å². The molecule has 2 aromatic carbocycles. The summed E-state index contributed by atoms with van der Waals surface area (Å²) in [4.78, 5) is 16.5. The third kappa shape index (κ3) is 4.99. The second-order valence-corrected chi connectivity index (χ2v) is 6.26. The van der Waals surface area contributed by atoms with Crippen molar-refractivity contribution in [1.29, 1.82) is 0 Å². The van der Waals surface area contributed by atoms with E-state index in [0.29, 0.717) is 23.7 Å². The first-order valence-corrected chi connectivity index (χ1v) is 8.93. The van der Waals surface area contributed by atoms with Crippen LogP contribution in [0.25, 0.3) is 0 Å². The van der Waals surface area contributed by atoms with Crippen molar-refractivity contribution in [3.05, 3.63) is 83.1 Å². The first-order valence-electron chi connectivity index (χ1n) is 8.55. The molecule has 0 aliphatic heterocycles. The van der Waals surface area contributed by atoms with Crippen LogP contribution in [-0.2, 0) is 6.42 Å². The van der Waals surface area contributed by atoms with Crippen molar-refractivity contribution in [2.75, 3.05) is 19.0 Å². The number of pyridine rings is 1. The molecule has 0 spiro atoms. The third-order valence-electron chi connectivity index (χ3n) is 4.02. The summed E-state index contributed by atoms with van der Waals surface area (Å²) in [7, 11) is 1.64. The highest BCUT2D eigenvalue weighted by Crippen LogP contribution is 2.24. The Bertz CT molecular complexity index is 913. The van der Waals surface area contributed by atoms with E-state index in [0.717, 1.165) is 22.7 Å². The average molecular weight is 382 g/mol. The number of carbonyl (C=O) groups excluding carboxylic acids is 1. The smallest absolute Gasteiger partial charge is 0.269 e. The molecule has 1 aromatic heterocycles. The zero-order valence-electron chi connectivity index (χ0n) is 14.9. The molecule has 3 aromatic rings. The van der Waals surface area contributed by atoms with E-state index < -0.39 is 0 Å². The minimum atomic E-state index is -0.214. The highest BCUT2D eigenvalue weighted by molar-refractivity contribution is 6.33. The average Bonchev–Trinajstić information content (AvgIpc) is 2.70. The van der Waals surface area contributed by atoms with Gasteiger partial charge in [0.1, 0.15) is 11.4 Å². The molecule has 138 valence electrons. The third-order valence-corrected chi connectivity index (χ3v) is 4.35. The van der Waals surface area contributed by atoms with Crippen molar-refractivity contribution in [2.24, 2.45) is 0 Å². The molecule has 0 saturated carbocycles. The van der Waals surface area contributed by atoms with Crippen LogP contribution in [0, 0.1) is 0 Å². The Morgan fingerprint density at radius 2 is 1.85 bits per heavy atom. The quantitative estimate of drug-likeness (QED) is 0.634. The minimum Gasteiger partial charge on any atom is -0.496 e. The Kier molecular flexibility index (Phi) is 6.28. The molecule has 0 radical (unpaired) electrons. The van der Waals surface area contributed by atoms with E-state index in [1.807, 2.05) is 42.5 Å². The highest BCUT2D eigenvalue weighted by Gasteiger charge is 2.08. The van der Waals surface area contributed by atoms with E-state index in [2.05, 4.69) is 15.6 Å². The first kappa shape index (κ1) is 18.7. The largest absolute Gasteiger partial charge is 0.496 e. The van der Waals surface area contributed by atoms with E-state index in [1.54, 1.807) is 31.5 Å². The number of aromatic nitrogens is 1. The van der Waals surface area contributed by atoms with Crippen LogP contribution in [-0.4, -0.2) is 24.5 Å². The van der Waals surface area contributed by atoms with Gasteiger partial charge < -0.3 is 15.4 Å². The highest BCUT2D eigenvalue weighted by atomic mass is 35.5. The predicted octanol–water partition coefficient (Wildman–Crippen LogP) is 4.46. The van der Waals surface area contributed by atoms with Crippen LogP contribution in [0.2, 0.25) is 5.02 Å². The van der Waals surface area contributed by atoms with E-state index in [9.17, 15) is 4.79 Å². The van der Waals surface area contributed by atoms with Crippen LogP contribution < -0.4 is 15.4 Å². The maximum atomic E-state index is 12.3. The van der Waals surface area contributed by atoms with Gasteiger partial charge in [0.05, 0.1) is 29.7 Å². The molecule has 1 heterocycles. The lowest BCUT2D eigenvalue weighted by Gasteiger charge is -2.10. The van der Waals surface area contributed by atoms with Crippen molar-refractivity contribution in [3.8, 4) is 5.75 Å². The van der Waals surface area contributed by atoms with Gasteiger partial charge in [0.2, 0.25) is 0 Å². The van der Waals surface area contributed by atoms with Gasteiger partial charge in [-0.3, -0.25) is 4.79 Å². The lowest BCUT2D eigenvalue weighted by atomic mass is 10.1. The zero-order valence-corrected chi connectivity index (χ0v) is 15.7. The van der Waals surface area contributed by atoms with Crippen LogP contribution in [0.4, 0.5) is 11.4 Å². The van der Waals surface area contributed by atoms with E-state index in [-0.39, 0.29) is 5.91 Å². The number of benzene rings is 2. The predicted molar refractivity (Wildman–Crippen MR) is 108 cm³/mol. The van der Waals surface area contributed by atoms with Gasteiger partial charge in [-0.15, -0.1) is 0 Å². The molecule has 27 heavy (non-hydrogen) atoms. The molecular formula is C21H20ClN3O2. The number of nitrogens with zero attached hydrogens (tertiary/aromatic N) is 1. The van der Waals surface area contributed by atoms with Gasteiger partial charge in [0.15, 0.2) is 0 Å². The number of amides is 1. The SMILES string of the molecule is COc1ccccc1CCNC(=O)c1ccc(Nc2ccccc2Cl)cn1. The Labute approximate surface area is 163 Å². The number of para-hydroxylation sites is 2. The lowest BCUT2D eigenvalue weighted by molar-refractivity contribution is 0.0949. The molecule has 1 amide bonds. The molecule has 0 aliphatic carbocycles. The summed E-state index contributed by atoms with van der Waals surface area (Å²) < 4.78 is 5.32. The molecule has 0 atom stereocenters. The van der Waals surface area contributed by atoms with E-state index in [4.69, 9.17) is 16.3 Å². The van der Waals surface area contributed by atoms with Crippen LogP contribution in [0.5, 0.6) is 5.75 Å². The molecule has 5 nitrogen and oxygen atoms in total.